The Balaban J connectivity index is 1.13. The van der Waals surface area contributed by atoms with Gasteiger partial charge in [0, 0.05) is 34.1 Å². The Labute approximate surface area is 345 Å². The van der Waals surface area contributed by atoms with E-state index in [0.717, 1.165) is 20.3 Å². The minimum absolute atomic E-state index is 0.00220. The van der Waals surface area contributed by atoms with Gasteiger partial charge in [-0.15, -0.1) is 0 Å². The number of esters is 2. The van der Waals surface area contributed by atoms with Crippen LogP contribution in [0.25, 0.3) is 0 Å². The molecule has 5 fully saturated rings. The number of nitrogens with one attached hydrogen (secondary N) is 1. The number of hydrogen-bond donors (Lipinski definition) is 2. The van der Waals surface area contributed by atoms with Crippen molar-refractivity contribution in [2.75, 3.05) is 13.2 Å². The standard InChI is InChI=1S/C43H48IN3O10/c1-41(2,3)54-33(49)20-19-30(25-48)45-38(50)31-18-11-21-46(31)40(52)42-23-32-34-35(56-43(55-34,27-13-6-4-7-14-27)28-15-8-5-9-16-28)37(42)57-47(36(42)39(51)53-32)24-26-12-10-17-29(44)22-26/h4-10,12-17,22,30-32,34-37,48H,11,18-21,23-25H2,1-3H3,(H,45,50). The fourth-order valence-corrected chi connectivity index (χ4v) is 9.83. The molecule has 13 nitrogen and oxygen atoms in total. The van der Waals surface area contributed by atoms with E-state index < -0.39 is 89.7 Å². The van der Waals surface area contributed by atoms with Crippen molar-refractivity contribution in [3.05, 3.63) is 105 Å². The zero-order chi connectivity index (χ0) is 40.1. The number of aliphatic hydroxyl groups excluding tert-OH is 1. The van der Waals surface area contributed by atoms with Crippen LogP contribution >= 0.6 is 22.6 Å². The van der Waals surface area contributed by atoms with Crippen LogP contribution in [0.15, 0.2) is 84.9 Å². The molecule has 4 saturated heterocycles. The zero-order valence-electron chi connectivity index (χ0n) is 32.2. The van der Waals surface area contributed by atoms with E-state index >= 15 is 4.79 Å². The summed E-state index contributed by atoms with van der Waals surface area (Å²) in [6.45, 7) is 5.39. The molecule has 1 aliphatic carbocycles. The highest BCUT2D eigenvalue weighted by atomic mass is 127. The molecule has 57 heavy (non-hydrogen) atoms. The van der Waals surface area contributed by atoms with E-state index in [0.29, 0.717) is 12.8 Å². The molecular weight excluding hydrogens is 845 g/mol. The maximum atomic E-state index is 15.5. The van der Waals surface area contributed by atoms with E-state index in [-0.39, 0.29) is 32.4 Å². The number of hydroxylamine groups is 2. The molecule has 0 spiro atoms. The van der Waals surface area contributed by atoms with Gasteiger partial charge in [-0.3, -0.25) is 24.0 Å². The van der Waals surface area contributed by atoms with Crippen molar-refractivity contribution in [3.8, 4) is 0 Å². The van der Waals surface area contributed by atoms with Gasteiger partial charge in [0.2, 0.25) is 17.6 Å². The summed E-state index contributed by atoms with van der Waals surface area (Å²) in [5.74, 6) is -3.28. The Morgan fingerprint density at radius 3 is 2.32 bits per heavy atom. The smallest absolute Gasteiger partial charge is 0.327 e. The second-order valence-corrected chi connectivity index (χ2v) is 17.8. The summed E-state index contributed by atoms with van der Waals surface area (Å²) in [6.07, 6.45) is -2.29. The summed E-state index contributed by atoms with van der Waals surface area (Å²) in [6, 6.07) is 24.2. The lowest BCUT2D eigenvalue weighted by molar-refractivity contribution is -0.214. The molecule has 3 aromatic rings. The third kappa shape index (κ3) is 7.37. The average Bonchev–Trinajstić information content (AvgIpc) is 3.93. The number of benzene rings is 3. The molecule has 2 amide bonds. The van der Waals surface area contributed by atoms with Crippen LogP contribution in [-0.2, 0) is 55.3 Å². The summed E-state index contributed by atoms with van der Waals surface area (Å²) >= 11 is 2.23. The van der Waals surface area contributed by atoms with Gasteiger partial charge in [-0.25, -0.2) is 0 Å². The number of halogens is 1. The van der Waals surface area contributed by atoms with Gasteiger partial charge in [0.15, 0.2) is 6.04 Å². The number of fused-ring (bicyclic) bond motifs is 4. The van der Waals surface area contributed by atoms with Crippen LogP contribution in [-0.4, -0.2) is 100 Å². The van der Waals surface area contributed by atoms with Crippen LogP contribution in [0.3, 0.4) is 0 Å². The summed E-state index contributed by atoms with van der Waals surface area (Å²) < 4.78 is 26.7. The van der Waals surface area contributed by atoms with Gasteiger partial charge in [0.25, 0.3) is 0 Å². The molecule has 5 aliphatic rings. The quantitative estimate of drug-likeness (QED) is 0.209. The lowest BCUT2D eigenvalue weighted by atomic mass is 9.62. The number of likely N-dealkylation sites (tertiary alicyclic amines) is 1. The Kier molecular flexibility index (Phi) is 11.0. The van der Waals surface area contributed by atoms with Crippen LogP contribution in [0.1, 0.15) is 69.6 Å². The highest BCUT2D eigenvalue weighted by Crippen LogP contribution is 2.60. The first-order chi connectivity index (χ1) is 27.3. The Hall–Kier alpha value is -3.93. The maximum Gasteiger partial charge on any atom is 0.327 e. The number of carbonyl (C=O) groups excluding carboxylic acids is 4. The van der Waals surface area contributed by atoms with Crippen LogP contribution in [0, 0.1) is 8.99 Å². The first-order valence-corrected chi connectivity index (χ1v) is 20.7. The number of hydrogen-bond acceptors (Lipinski definition) is 11. The molecule has 0 aromatic heterocycles. The largest absolute Gasteiger partial charge is 0.460 e. The first kappa shape index (κ1) is 39.9. The first-order valence-electron chi connectivity index (χ1n) is 19.6. The summed E-state index contributed by atoms with van der Waals surface area (Å²) in [7, 11) is 0. The van der Waals surface area contributed by atoms with Crippen molar-refractivity contribution in [1.82, 2.24) is 15.3 Å². The molecule has 2 bridgehead atoms. The molecule has 4 heterocycles. The van der Waals surface area contributed by atoms with Crippen molar-refractivity contribution in [3.63, 3.8) is 0 Å². The molecule has 2 N–H and O–H groups in total. The molecule has 1 saturated carbocycles. The van der Waals surface area contributed by atoms with Gasteiger partial charge < -0.3 is 34.3 Å². The molecule has 302 valence electrons. The molecule has 8 unspecified atom stereocenters. The molecule has 14 heteroatoms. The summed E-state index contributed by atoms with van der Waals surface area (Å²) in [5, 5.41) is 14.6. The lowest BCUT2D eigenvalue weighted by Crippen LogP contribution is -2.70. The van der Waals surface area contributed by atoms with Crippen molar-refractivity contribution in [2.45, 2.75) is 113 Å². The predicted molar refractivity (Wildman–Crippen MR) is 213 cm³/mol. The number of carbonyl (C=O) groups is 4. The second kappa shape index (κ2) is 15.7. The van der Waals surface area contributed by atoms with Crippen LogP contribution in [0.2, 0.25) is 0 Å². The summed E-state index contributed by atoms with van der Waals surface area (Å²) in [4.78, 5) is 64.8. The van der Waals surface area contributed by atoms with Gasteiger partial charge in [0.1, 0.15) is 41.5 Å². The topological polar surface area (TPSA) is 153 Å². The third-order valence-electron chi connectivity index (χ3n) is 11.6. The zero-order valence-corrected chi connectivity index (χ0v) is 34.3. The fraction of sp³-hybridized carbons (Fsp3) is 0.488. The highest BCUT2D eigenvalue weighted by molar-refractivity contribution is 14.1. The van der Waals surface area contributed by atoms with E-state index in [4.69, 9.17) is 23.8 Å². The van der Waals surface area contributed by atoms with Gasteiger partial charge in [-0.2, -0.15) is 5.06 Å². The van der Waals surface area contributed by atoms with Crippen molar-refractivity contribution in [1.29, 1.82) is 0 Å². The van der Waals surface area contributed by atoms with E-state index in [9.17, 15) is 19.5 Å². The van der Waals surface area contributed by atoms with Gasteiger partial charge in [-0.05, 0) is 80.3 Å². The second-order valence-electron chi connectivity index (χ2n) is 16.5. The van der Waals surface area contributed by atoms with Crippen molar-refractivity contribution < 1.29 is 48.1 Å². The SMILES string of the molecule is CC(C)(C)OC(=O)CCC(CO)NC(=O)C1CCCN1C(=O)C12CC3OC(=O)C1N(Cc1cccc(I)c1)OC2C1OC(c2ccccc2)(c2ccccc2)OC31. The monoisotopic (exact) mass is 893 g/mol. The molecule has 0 radical (unpaired) electrons. The Morgan fingerprint density at radius 1 is 0.982 bits per heavy atom. The number of ether oxygens (including phenoxy) is 4. The van der Waals surface area contributed by atoms with Crippen LogP contribution < -0.4 is 5.32 Å². The minimum atomic E-state index is -1.49. The van der Waals surface area contributed by atoms with Crippen LogP contribution in [0.4, 0.5) is 0 Å². The van der Waals surface area contributed by atoms with Gasteiger partial charge in [0.05, 0.1) is 19.2 Å². The molecule has 4 aliphatic heterocycles. The van der Waals surface area contributed by atoms with Crippen LogP contribution in [0.5, 0.6) is 0 Å². The number of nitrogens with zero attached hydrogens (tertiary/aromatic N) is 2. The number of amides is 2. The highest BCUT2D eigenvalue weighted by Gasteiger charge is 2.77. The lowest BCUT2D eigenvalue weighted by Gasteiger charge is -2.50. The Bertz CT molecular complexity index is 1960. The van der Waals surface area contributed by atoms with Crippen molar-refractivity contribution >= 4 is 46.3 Å². The van der Waals surface area contributed by atoms with Crippen molar-refractivity contribution in [2.24, 2.45) is 5.41 Å². The predicted octanol–water partition coefficient (Wildman–Crippen LogP) is 4.37. The fourth-order valence-electron chi connectivity index (χ4n) is 9.22. The third-order valence-corrected chi connectivity index (χ3v) is 12.3. The molecular formula is C43H48IN3O10. The van der Waals surface area contributed by atoms with Gasteiger partial charge >= 0.3 is 11.9 Å². The Morgan fingerprint density at radius 2 is 1.67 bits per heavy atom. The van der Waals surface area contributed by atoms with E-state index in [1.165, 1.54) is 0 Å². The number of aliphatic hydroxyl groups is 1. The average molecular weight is 894 g/mol. The normalized spacial score (nSPS) is 29.4. The number of rotatable bonds is 11. The minimum Gasteiger partial charge on any atom is -0.460 e. The van der Waals surface area contributed by atoms with E-state index in [1.807, 2.05) is 84.9 Å². The van der Waals surface area contributed by atoms with E-state index in [2.05, 4.69) is 27.9 Å². The van der Waals surface area contributed by atoms with Gasteiger partial charge in [-0.1, -0.05) is 72.8 Å². The maximum absolute atomic E-state index is 15.5. The van der Waals surface area contributed by atoms with E-state index in [1.54, 1.807) is 30.7 Å². The summed E-state index contributed by atoms with van der Waals surface area (Å²) in [5.41, 5.74) is 0.186. The molecule has 3 aromatic carbocycles. The molecule has 8 rings (SSSR count). The molecule has 8 atom stereocenters.